The Labute approximate surface area is 57.5 Å². The van der Waals surface area contributed by atoms with Gasteiger partial charge >= 0.3 is 0 Å². The topological polar surface area (TPSA) is 41.8 Å². The first kappa shape index (κ1) is 5.29. The van der Waals surface area contributed by atoms with Gasteiger partial charge in [-0.3, -0.25) is 4.79 Å². The number of carbonyl (C=O) groups is 1. The molecule has 3 nitrogen and oxygen atoms in total. The summed E-state index contributed by atoms with van der Waals surface area (Å²) in [6, 6.07) is 0. The van der Waals surface area contributed by atoms with Crippen LogP contribution < -0.4 is 0 Å². The molecule has 1 aliphatic heterocycles. The van der Waals surface area contributed by atoms with Gasteiger partial charge in [-0.2, -0.15) is 10.2 Å². The lowest BCUT2D eigenvalue weighted by Crippen LogP contribution is -1.94. The van der Waals surface area contributed by atoms with E-state index >= 15 is 0 Å². The van der Waals surface area contributed by atoms with Gasteiger partial charge in [0.25, 0.3) is 0 Å². The summed E-state index contributed by atoms with van der Waals surface area (Å²) in [6.45, 7) is 0. The number of rotatable bonds is 0. The summed E-state index contributed by atoms with van der Waals surface area (Å²) in [4.78, 5) is 10.7. The Balaban J connectivity index is 2.51. The van der Waals surface area contributed by atoms with Gasteiger partial charge in [0.2, 0.25) is 0 Å². The van der Waals surface area contributed by atoms with Crippen LogP contribution in [0.4, 0.5) is 0 Å². The molecule has 2 aliphatic rings. The molecule has 0 radical (unpaired) electrons. The normalized spacial score (nSPS) is 20.6. The van der Waals surface area contributed by atoms with Crippen molar-refractivity contribution in [2.45, 2.75) is 0 Å². The van der Waals surface area contributed by atoms with Gasteiger partial charge in [0.05, 0.1) is 11.9 Å². The second kappa shape index (κ2) is 1.73. The van der Waals surface area contributed by atoms with Crippen molar-refractivity contribution in [2.75, 3.05) is 0 Å². The van der Waals surface area contributed by atoms with Crippen LogP contribution in [0.5, 0.6) is 0 Å². The molecule has 0 aromatic rings. The van der Waals surface area contributed by atoms with E-state index < -0.39 is 0 Å². The molecule has 0 N–H and O–H groups in total. The van der Waals surface area contributed by atoms with E-state index in [1.807, 2.05) is 0 Å². The van der Waals surface area contributed by atoms with Gasteiger partial charge in [-0.05, 0) is 12.2 Å². The van der Waals surface area contributed by atoms with E-state index in [1.165, 1.54) is 12.2 Å². The maximum atomic E-state index is 10.7. The van der Waals surface area contributed by atoms with E-state index in [2.05, 4.69) is 10.2 Å². The molecule has 1 heterocycles. The van der Waals surface area contributed by atoms with Gasteiger partial charge in [0.1, 0.15) is 0 Å². The van der Waals surface area contributed by atoms with E-state index in [-0.39, 0.29) is 5.78 Å². The predicted molar refractivity (Wildman–Crippen MR) is 35.2 cm³/mol. The number of hydrogen-bond donors (Lipinski definition) is 0. The zero-order chi connectivity index (χ0) is 6.97. The third kappa shape index (κ3) is 0.639. The van der Waals surface area contributed by atoms with E-state index in [1.54, 1.807) is 12.3 Å². The number of allylic oxidation sites excluding steroid dienone is 3. The van der Waals surface area contributed by atoms with E-state index in [0.717, 1.165) is 5.57 Å². The summed E-state index contributed by atoms with van der Waals surface area (Å²) in [6.07, 6.45) is 6.33. The van der Waals surface area contributed by atoms with Gasteiger partial charge in [-0.25, -0.2) is 0 Å². The highest BCUT2D eigenvalue weighted by Gasteiger charge is 2.11. The van der Waals surface area contributed by atoms with Gasteiger partial charge in [-0.1, -0.05) is 0 Å². The lowest BCUT2D eigenvalue weighted by molar-refractivity contribution is -0.110. The number of azo groups is 1. The van der Waals surface area contributed by atoms with Crippen LogP contribution in [0.15, 0.2) is 45.9 Å². The Bertz CT molecular complexity index is 308. The van der Waals surface area contributed by atoms with Crippen LogP contribution in [-0.4, -0.2) is 5.78 Å². The van der Waals surface area contributed by atoms with Crippen molar-refractivity contribution in [3.63, 3.8) is 0 Å². The van der Waals surface area contributed by atoms with Crippen molar-refractivity contribution in [2.24, 2.45) is 10.2 Å². The minimum Gasteiger partial charge on any atom is -0.290 e. The molecule has 1 aliphatic carbocycles. The lowest BCUT2D eigenvalue weighted by atomic mass is 10.1. The molecule has 0 saturated heterocycles. The molecule has 0 atom stereocenters. The first-order valence-electron chi connectivity index (χ1n) is 2.91. The fraction of sp³-hybridized carbons (Fsp3) is 0. The van der Waals surface area contributed by atoms with Crippen molar-refractivity contribution in [3.8, 4) is 0 Å². The van der Waals surface area contributed by atoms with Crippen molar-refractivity contribution in [1.82, 2.24) is 0 Å². The Morgan fingerprint density at radius 2 is 2.20 bits per heavy atom. The molecule has 0 amide bonds. The van der Waals surface area contributed by atoms with Crippen molar-refractivity contribution >= 4 is 5.78 Å². The second-order valence-corrected chi connectivity index (χ2v) is 2.07. The molecule has 0 fully saturated rings. The van der Waals surface area contributed by atoms with E-state index in [9.17, 15) is 4.79 Å². The number of nitrogens with zero attached hydrogens (tertiary/aromatic N) is 2. The molecule has 0 bridgehead atoms. The molecule has 3 heteroatoms. The molecule has 48 valence electrons. The standard InChI is InChI=1S/C7H4N2O/c10-6-2-1-5-4-8-9-7(5)3-6/h1-4H. The number of hydrogen-bond acceptors (Lipinski definition) is 3. The Kier molecular flexibility index (Phi) is 0.917. The summed E-state index contributed by atoms with van der Waals surface area (Å²) in [5.41, 5.74) is 1.59. The molecule has 0 spiro atoms. The van der Waals surface area contributed by atoms with Crippen LogP contribution >= 0.6 is 0 Å². The van der Waals surface area contributed by atoms with Crippen LogP contribution in [0.25, 0.3) is 0 Å². The van der Waals surface area contributed by atoms with E-state index in [4.69, 9.17) is 0 Å². The average Bonchev–Trinajstić information content (AvgIpc) is 2.33. The summed E-state index contributed by atoms with van der Waals surface area (Å²) in [5.74, 6) is -0.0204. The molecular weight excluding hydrogens is 128 g/mol. The van der Waals surface area contributed by atoms with Crippen LogP contribution in [0, 0.1) is 0 Å². The van der Waals surface area contributed by atoms with Gasteiger partial charge in [0, 0.05) is 11.6 Å². The summed E-state index contributed by atoms with van der Waals surface area (Å²) < 4.78 is 0. The first-order valence-corrected chi connectivity index (χ1v) is 2.91. The minimum absolute atomic E-state index is 0.0204. The highest BCUT2D eigenvalue weighted by molar-refractivity contribution is 6.02. The molecule has 2 rings (SSSR count). The number of ketones is 1. The molecule has 10 heavy (non-hydrogen) atoms. The third-order valence-corrected chi connectivity index (χ3v) is 1.36. The lowest BCUT2D eigenvalue weighted by Gasteiger charge is -1.97. The monoisotopic (exact) mass is 132 g/mol. The highest BCUT2D eigenvalue weighted by Crippen LogP contribution is 2.22. The summed E-state index contributed by atoms with van der Waals surface area (Å²) in [7, 11) is 0. The fourth-order valence-electron chi connectivity index (χ4n) is 0.873. The van der Waals surface area contributed by atoms with Crippen molar-refractivity contribution < 1.29 is 4.79 Å². The van der Waals surface area contributed by atoms with E-state index in [0.29, 0.717) is 5.70 Å². The molecular formula is C7H4N2O. The average molecular weight is 132 g/mol. The quantitative estimate of drug-likeness (QED) is 0.490. The maximum absolute atomic E-state index is 10.7. The minimum atomic E-state index is -0.0204. The summed E-state index contributed by atoms with van der Waals surface area (Å²) in [5, 5.41) is 7.38. The van der Waals surface area contributed by atoms with Crippen LogP contribution in [-0.2, 0) is 4.79 Å². The zero-order valence-corrected chi connectivity index (χ0v) is 5.11. The number of fused-ring (bicyclic) bond motifs is 1. The zero-order valence-electron chi connectivity index (χ0n) is 5.11. The predicted octanol–water partition coefficient (Wildman–Crippen LogP) is 1.36. The summed E-state index contributed by atoms with van der Waals surface area (Å²) >= 11 is 0. The SMILES string of the molecule is O=C1C=CC2=CN=NC2=C1. The van der Waals surface area contributed by atoms with Crippen LogP contribution in [0.2, 0.25) is 0 Å². The molecule has 0 saturated carbocycles. The maximum Gasteiger partial charge on any atom is 0.180 e. The third-order valence-electron chi connectivity index (χ3n) is 1.36. The number of carbonyl (C=O) groups excluding carboxylic acids is 1. The Morgan fingerprint density at radius 3 is 3.10 bits per heavy atom. The molecule has 0 aromatic heterocycles. The fourth-order valence-corrected chi connectivity index (χ4v) is 0.873. The van der Waals surface area contributed by atoms with Crippen LogP contribution in [0.3, 0.4) is 0 Å². The largest absolute Gasteiger partial charge is 0.290 e. The second-order valence-electron chi connectivity index (χ2n) is 2.07. The van der Waals surface area contributed by atoms with Crippen LogP contribution in [0.1, 0.15) is 0 Å². The highest BCUT2D eigenvalue weighted by atomic mass is 16.1. The van der Waals surface area contributed by atoms with Gasteiger partial charge in [-0.15, -0.1) is 0 Å². The Morgan fingerprint density at radius 1 is 1.30 bits per heavy atom. The molecule has 0 unspecified atom stereocenters. The Hall–Kier alpha value is -1.51. The van der Waals surface area contributed by atoms with Crippen molar-refractivity contribution in [1.29, 1.82) is 0 Å². The van der Waals surface area contributed by atoms with Gasteiger partial charge in [0.15, 0.2) is 5.78 Å². The first-order chi connectivity index (χ1) is 4.86. The van der Waals surface area contributed by atoms with Gasteiger partial charge < -0.3 is 0 Å². The smallest absolute Gasteiger partial charge is 0.180 e. The van der Waals surface area contributed by atoms with Crippen molar-refractivity contribution in [3.05, 3.63) is 35.7 Å². The molecule has 0 aromatic carbocycles.